The highest BCUT2D eigenvalue weighted by Crippen LogP contribution is 2.34. The number of hydrogen-bond acceptors (Lipinski definition) is 8. The minimum absolute atomic E-state index is 0.0197. The van der Waals surface area contributed by atoms with Gasteiger partial charge >= 0.3 is 0 Å². The van der Waals surface area contributed by atoms with Crippen molar-refractivity contribution in [3.63, 3.8) is 0 Å². The third-order valence-corrected chi connectivity index (χ3v) is 6.01. The zero-order valence-electron chi connectivity index (χ0n) is 25.8. The first-order valence-electron chi connectivity index (χ1n) is 14.2. The molecule has 11 heteroatoms. The summed E-state index contributed by atoms with van der Waals surface area (Å²) in [6.45, 7) is 11.7. The number of hydrogen-bond donors (Lipinski definition) is 5. The summed E-state index contributed by atoms with van der Waals surface area (Å²) < 4.78 is 34.0. The summed E-state index contributed by atoms with van der Waals surface area (Å²) in [5.41, 5.74) is 5.21. The third kappa shape index (κ3) is 12.0. The van der Waals surface area contributed by atoms with E-state index in [1.165, 1.54) is 14.2 Å². The van der Waals surface area contributed by atoms with E-state index in [-0.39, 0.29) is 35.3 Å². The molecule has 0 saturated heterocycles. The van der Waals surface area contributed by atoms with Gasteiger partial charge < -0.3 is 31.7 Å². The molecule has 0 radical (unpaired) electrons. The second kappa shape index (κ2) is 19.9. The van der Waals surface area contributed by atoms with Gasteiger partial charge in [-0.25, -0.2) is 13.8 Å². The average Bonchev–Trinajstić information content (AvgIpc) is 2.96. The van der Waals surface area contributed by atoms with Gasteiger partial charge in [-0.1, -0.05) is 41.0 Å². The zero-order valence-corrected chi connectivity index (χ0v) is 25.8. The monoisotopic (exact) mass is 567 g/mol. The molecule has 1 amide bonds. The van der Waals surface area contributed by atoms with Crippen molar-refractivity contribution in [2.24, 2.45) is 5.73 Å². The minimum atomic E-state index is -3.10. The molecule has 2 rings (SSSR count). The number of ether oxygens (including phenoxy) is 1. The predicted molar refractivity (Wildman–Crippen MR) is 162 cm³/mol. The van der Waals surface area contributed by atoms with Gasteiger partial charge in [-0.2, -0.15) is 4.98 Å². The highest BCUT2D eigenvalue weighted by atomic mass is 19.3. The van der Waals surface area contributed by atoms with E-state index >= 15 is 0 Å². The molecule has 6 N–H and O–H groups in total. The Kier molecular flexibility index (Phi) is 18.4. The molecule has 0 spiro atoms. The van der Waals surface area contributed by atoms with E-state index in [9.17, 15) is 13.6 Å². The molecule has 0 bridgehead atoms. The number of nitrogens with two attached hydrogens (primary N) is 1. The van der Waals surface area contributed by atoms with Crippen LogP contribution in [0.5, 0.6) is 5.75 Å². The lowest BCUT2D eigenvalue weighted by Gasteiger charge is -2.22. The minimum Gasteiger partial charge on any atom is -0.495 e. The smallest absolute Gasteiger partial charge is 0.275 e. The van der Waals surface area contributed by atoms with Gasteiger partial charge in [0.1, 0.15) is 11.6 Å². The van der Waals surface area contributed by atoms with E-state index < -0.39 is 5.92 Å². The van der Waals surface area contributed by atoms with Crippen molar-refractivity contribution in [1.82, 2.24) is 20.6 Å². The van der Waals surface area contributed by atoms with E-state index in [2.05, 4.69) is 37.0 Å². The first kappa shape index (κ1) is 37.0. The maximum Gasteiger partial charge on any atom is 0.275 e. The maximum absolute atomic E-state index is 14.2. The Morgan fingerprint density at radius 2 is 1.75 bits per heavy atom. The van der Waals surface area contributed by atoms with Crippen LogP contribution in [0.4, 0.5) is 26.2 Å². The Labute approximate surface area is 239 Å². The molecule has 2 aromatic rings. The Bertz CT molecular complexity index is 987. The SMILES string of the molecule is CC.CCCC(CC)Nc1nc(Nc2ccc(C(=O)NC(CC)CCNC)cc2OC)ncc1C(C)(F)F.CN. The fraction of sp³-hybridized carbons (Fsp3) is 0.621. The van der Waals surface area contributed by atoms with Crippen LogP contribution >= 0.6 is 0 Å². The molecular weight excluding hydrogens is 516 g/mol. The van der Waals surface area contributed by atoms with E-state index in [0.29, 0.717) is 17.0 Å². The number of carbonyl (C=O) groups is 1. The third-order valence-electron chi connectivity index (χ3n) is 6.01. The van der Waals surface area contributed by atoms with Crippen LogP contribution in [0.2, 0.25) is 0 Å². The molecule has 2 atom stereocenters. The van der Waals surface area contributed by atoms with Crippen molar-refractivity contribution >= 4 is 23.4 Å². The molecule has 0 aliphatic rings. The van der Waals surface area contributed by atoms with Gasteiger partial charge in [-0.3, -0.25) is 4.79 Å². The van der Waals surface area contributed by atoms with Crippen LogP contribution in [0.3, 0.4) is 0 Å². The van der Waals surface area contributed by atoms with Gasteiger partial charge in [0, 0.05) is 30.8 Å². The van der Waals surface area contributed by atoms with Crippen LogP contribution < -0.4 is 31.7 Å². The molecule has 0 aliphatic carbocycles. The summed E-state index contributed by atoms with van der Waals surface area (Å²) >= 11 is 0. The normalized spacial score (nSPS) is 12.1. The van der Waals surface area contributed by atoms with Gasteiger partial charge in [0.15, 0.2) is 0 Å². The Morgan fingerprint density at radius 3 is 2.27 bits per heavy atom. The van der Waals surface area contributed by atoms with Gasteiger partial charge in [0.25, 0.3) is 11.8 Å². The maximum atomic E-state index is 14.2. The van der Waals surface area contributed by atoms with Crippen molar-refractivity contribution in [1.29, 1.82) is 0 Å². The molecule has 1 aromatic heterocycles. The van der Waals surface area contributed by atoms with Gasteiger partial charge in [0.05, 0.1) is 18.4 Å². The molecule has 2 unspecified atom stereocenters. The van der Waals surface area contributed by atoms with Gasteiger partial charge in [-0.05, 0) is 64.5 Å². The van der Waals surface area contributed by atoms with Crippen molar-refractivity contribution in [3.8, 4) is 5.75 Å². The van der Waals surface area contributed by atoms with Crippen LogP contribution in [-0.2, 0) is 5.92 Å². The highest BCUT2D eigenvalue weighted by Gasteiger charge is 2.30. The van der Waals surface area contributed by atoms with Gasteiger partial charge in [-0.15, -0.1) is 0 Å². The first-order chi connectivity index (χ1) is 19.2. The Balaban J connectivity index is 0.00000363. The number of nitrogens with zero attached hydrogens (tertiary/aromatic N) is 2. The average molecular weight is 568 g/mol. The summed E-state index contributed by atoms with van der Waals surface area (Å²) in [5, 5.41) is 12.3. The highest BCUT2D eigenvalue weighted by molar-refractivity contribution is 5.95. The number of alkyl halides is 2. The fourth-order valence-electron chi connectivity index (χ4n) is 3.82. The summed E-state index contributed by atoms with van der Waals surface area (Å²) in [6, 6.07) is 5.07. The predicted octanol–water partition coefficient (Wildman–Crippen LogP) is 6.05. The molecule has 0 saturated carbocycles. The number of aromatic nitrogens is 2. The Hall–Kier alpha value is -3.05. The molecule has 9 nitrogen and oxygen atoms in total. The van der Waals surface area contributed by atoms with Gasteiger partial charge in [0.2, 0.25) is 5.95 Å². The fourth-order valence-corrected chi connectivity index (χ4v) is 3.82. The molecular formula is C29H51F2N7O2. The van der Waals surface area contributed by atoms with E-state index in [1.807, 2.05) is 41.7 Å². The zero-order chi connectivity index (χ0) is 30.7. The molecule has 40 heavy (non-hydrogen) atoms. The summed E-state index contributed by atoms with van der Waals surface area (Å²) in [4.78, 5) is 21.2. The lowest BCUT2D eigenvalue weighted by Crippen LogP contribution is -2.36. The second-order valence-corrected chi connectivity index (χ2v) is 8.89. The second-order valence-electron chi connectivity index (χ2n) is 8.89. The first-order valence-corrected chi connectivity index (χ1v) is 14.2. The number of anilines is 3. The molecule has 1 aromatic carbocycles. The molecule has 0 aliphatic heterocycles. The number of benzene rings is 1. The van der Waals surface area contributed by atoms with E-state index in [0.717, 1.165) is 51.8 Å². The summed E-state index contributed by atoms with van der Waals surface area (Å²) in [5.74, 6) is -2.64. The number of carbonyl (C=O) groups excluding carboxylic acids is 1. The van der Waals surface area contributed by atoms with Crippen LogP contribution in [0, 0.1) is 0 Å². The molecule has 0 fully saturated rings. The van der Waals surface area contributed by atoms with Crippen molar-refractivity contribution in [2.75, 3.05) is 38.4 Å². The number of nitrogens with one attached hydrogen (secondary N) is 4. The summed E-state index contributed by atoms with van der Waals surface area (Å²) in [6.07, 6.45) is 5.32. The van der Waals surface area contributed by atoms with E-state index in [4.69, 9.17) is 4.74 Å². The standard InChI is InChI=1S/C26H40F2N6O2.C2H6.CH5N/c1-7-10-18(8-2)31-23-20(26(4,27)28)16-30-25(34-23)33-21-12-11-17(15-22(21)36-6)24(35)32-19(9-3)13-14-29-5;2*1-2/h11-12,15-16,18-19,29H,7-10,13-14H2,1-6H3,(H,32,35)(H2,30,31,33,34);1-2H3;2H2,1H3. The summed E-state index contributed by atoms with van der Waals surface area (Å²) in [7, 11) is 4.87. The van der Waals surface area contributed by atoms with Crippen LogP contribution in [-0.4, -0.2) is 55.7 Å². The number of halogens is 2. The largest absolute Gasteiger partial charge is 0.495 e. The van der Waals surface area contributed by atoms with Crippen molar-refractivity contribution in [2.45, 2.75) is 91.7 Å². The van der Waals surface area contributed by atoms with Crippen LogP contribution in [0.1, 0.15) is 89.6 Å². The lowest BCUT2D eigenvalue weighted by molar-refractivity contribution is 0.0175. The topological polar surface area (TPSA) is 126 Å². The number of methoxy groups -OCH3 is 1. The van der Waals surface area contributed by atoms with Crippen molar-refractivity contribution < 1.29 is 18.3 Å². The van der Waals surface area contributed by atoms with Crippen LogP contribution in [0.25, 0.3) is 0 Å². The lowest BCUT2D eigenvalue weighted by atomic mass is 10.1. The molecule has 228 valence electrons. The number of rotatable bonds is 15. The molecule has 1 heterocycles. The van der Waals surface area contributed by atoms with Crippen LogP contribution in [0.15, 0.2) is 24.4 Å². The van der Waals surface area contributed by atoms with Crippen molar-refractivity contribution in [3.05, 3.63) is 35.5 Å². The quantitative estimate of drug-likeness (QED) is 0.176. The Morgan fingerprint density at radius 1 is 1.10 bits per heavy atom. The number of amides is 1. The van der Waals surface area contributed by atoms with E-state index in [1.54, 1.807) is 18.2 Å².